The monoisotopic (exact) mass is 222 g/mol. The highest BCUT2D eigenvalue weighted by Gasteiger charge is 2.24. The van der Waals surface area contributed by atoms with Crippen LogP contribution in [0.5, 0.6) is 5.75 Å². The van der Waals surface area contributed by atoms with Crippen LogP contribution in [0.15, 0.2) is 24.3 Å². The second kappa shape index (κ2) is 4.99. The maximum absolute atomic E-state index is 11.7. The molecule has 0 N–H and O–H groups in total. The number of hydrogen-bond acceptors (Lipinski definition) is 4. The predicted molar refractivity (Wildman–Crippen MR) is 57.6 cm³/mol. The van der Waals surface area contributed by atoms with Crippen LogP contribution in [0.4, 0.5) is 0 Å². The van der Waals surface area contributed by atoms with Gasteiger partial charge >= 0.3 is 5.97 Å². The first-order chi connectivity index (χ1) is 7.81. The molecule has 1 unspecified atom stereocenters. The summed E-state index contributed by atoms with van der Waals surface area (Å²) < 4.78 is 16.0. The molecule has 0 saturated carbocycles. The van der Waals surface area contributed by atoms with Crippen LogP contribution in [0.1, 0.15) is 17.3 Å². The number of cyclic esters (lactones) is 1. The van der Waals surface area contributed by atoms with Crippen LogP contribution < -0.4 is 4.74 Å². The third-order valence-electron chi connectivity index (χ3n) is 2.31. The van der Waals surface area contributed by atoms with E-state index in [0.717, 1.165) is 0 Å². The van der Waals surface area contributed by atoms with Crippen molar-refractivity contribution in [1.29, 1.82) is 0 Å². The van der Waals surface area contributed by atoms with Crippen molar-refractivity contribution in [3.63, 3.8) is 0 Å². The highest BCUT2D eigenvalue weighted by molar-refractivity contribution is 5.92. The van der Waals surface area contributed by atoms with Gasteiger partial charge in [0.25, 0.3) is 0 Å². The molecule has 0 fully saturated rings. The molecule has 1 atom stereocenters. The Kier molecular flexibility index (Phi) is 3.41. The SMILES string of the molecule is CCOCC1COc2ccccc2C(=O)O1. The zero-order valence-corrected chi connectivity index (χ0v) is 9.14. The molecule has 1 heterocycles. The quantitative estimate of drug-likeness (QED) is 0.729. The van der Waals surface area contributed by atoms with Gasteiger partial charge in [-0.05, 0) is 19.1 Å². The molecule has 1 aliphatic heterocycles. The van der Waals surface area contributed by atoms with Gasteiger partial charge in [-0.25, -0.2) is 4.79 Å². The van der Waals surface area contributed by atoms with E-state index in [2.05, 4.69) is 0 Å². The van der Waals surface area contributed by atoms with Gasteiger partial charge in [0.2, 0.25) is 0 Å². The molecule has 0 saturated heterocycles. The lowest BCUT2D eigenvalue weighted by atomic mass is 10.2. The van der Waals surface area contributed by atoms with Crippen molar-refractivity contribution in [3.8, 4) is 5.75 Å². The van der Waals surface area contributed by atoms with Gasteiger partial charge in [0.15, 0.2) is 6.10 Å². The van der Waals surface area contributed by atoms with Crippen LogP contribution in [0, 0.1) is 0 Å². The summed E-state index contributed by atoms with van der Waals surface area (Å²) >= 11 is 0. The lowest BCUT2D eigenvalue weighted by Crippen LogP contribution is -2.27. The number of hydrogen-bond donors (Lipinski definition) is 0. The number of ether oxygens (including phenoxy) is 3. The Bertz CT molecular complexity index is 375. The number of benzene rings is 1. The zero-order valence-electron chi connectivity index (χ0n) is 9.14. The molecular weight excluding hydrogens is 208 g/mol. The third kappa shape index (κ3) is 2.33. The Hall–Kier alpha value is -1.55. The first-order valence-corrected chi connectivity index (χ1v) is 5.32. The molecule has 0 aromatic heterocycles. The van der Waals surface area contributed by atoms with Crippen molar-refractivity contribution >= 4 is 5.97 Å². The van der Waals surface area contributed by atoms with E-state index in [1.54, 1.807) is 18.2 Å². The molecule has 86 valence electrons. The minimum atomic E-state index is -0.349. The van der Waals surface area contributed by atoms with E-state index in [1.807, 2.05) is 13.0 Å². The minimum absolute atomic E-state index is 0.333. The summed E-state index contributed by atoms with van der Waals surface area (Å²) in [7, 11) is 0. The van der Waals surface area contributed by atoms with Gasteiger partial charge in [0.05, 0.1) is 6.61 Å². The molecule has 2 rings (SSSR count). The van der Waals surface area contributed by atoms with Crippen molar-refractivity contribution in [2.45, 2.75) is 13.0 Å². The van der Waals surface area contributed by atoms with Crippen molar-refractivity contribution in [1.82, 2.24) is 0 Å². The number of carbonyl (C=O) groups excluding carboxylic acids is 1. The lowest BCUT2D eigenvalue weighted by molar-refractivity contribution is -0.0120. The summed E-state index contributed by atoms with van der Waals surface area (Å²) in [6, 6.07) is 7.07. The predicted octanol–water partition coefficient (Wildman–Crippen LogP) is 1.64. The fraction of sp³-hybridized carbons (Fsp3) is 0.417. The number of carbonyl (C=O) groups is 1. The van der Waals surface area contributed by atoms with Gasteiger partial charge in [0, 0.05) is 6.61 Å². The fourth-order valence-electron chi connectivity index (χ4n) is 1.52. The summed E-state index contributed by atoms with van der Waals surface area (Å²) in [5.74, 6) is 0.226. The number of fused-ring (bicyclic) bond motifs is 1. The van der Waals surface area contributed by atoms with Crippen molar-refractivity contribution < 1.29 is 19.0 Å². The average molecular weight is 222 g/mol. The molecule has 1 aromatic carbocycles. The molecule has 16 heavy (non-hydrogen) atoms. The smallest absolute Gasteiger partial charge is 0.342 e. The summed E-state index contributed by atoms with van der Waals surface area (Å²) in [5, 5.41) is 0. The Labute approximate surface area is 94.1 Å². The number of rotatable bonds is 3. The summed E-state index contributed by atoms with van der Waals surface area (Å²) in [6.45, 7) is 3.20. The van der Waals surface area contributed by atoms with Crippen molar-refractivity contribution in [2.24, 2.45) is 0 Å². The Balaban J connectivity index is 2.10. The molecule has 1 aliphatic rings. The Morgan fingerprint density at radius 3 is 3.06 bits per heavy atom. The van der Waals surface area contributed by atoms with Crippen LogP contribution in [-0.2, 0) is 9.47 Å². The van der Waals surface area contributed by atoms with E-state index in [0.29, 0.717) is 31.1 Å². The molecule has 0 spiro atoms. The Morgan fingerprint density at radius 1 is 1.44 bits per heavy atom. The third-order valence-corrected chi connectivity index (χ3v) is 2.31. The van der Waals surface area contributed by atoms with E-state index >= 15 is 0 Å². The van der Waals surface area contributed by atoms with E-state index in [1.165, 1.54) is 0 Å². The number of para-hydroxylation sites is 1. The van der Waals surface area contributed by atoms with Crippen molar-refractivity contribution in [2.75, 3.05) is 19.8 Å². The lowest BCUT2D eigenvalue weighted by Gasteiger charge is -2.13. The van der Waals surface area contributed by atoms with Crippen LogP contribution >= 0.6 is 0 Å². The van der Waals surface area contributed by atoms with Crippen LogP contribution in [-0.4, -0.2) is 31.9 Å². The summed E-state index contributed by atoms with van der Waals surface area (Å²) in [6.07, 6.45) is -0.333. The number of esters is 1. The van der Waals surface area contributed by atoms with Crippen LogP contribution in [0.2, 0.25) is 0 Å². The first-order valence-electron chi connectivity index (χ1n) is 5.32. The minimum Gasteiger partial charge on any atom is -0.489 e. The van der Waals surface area contributed by atoms with E-state index in [9.17, 15) is 4.79 Å². The molecule has 0 bridgehead atoms. The molecule has 0 radical (unpaired) electrons. The fourth-order valence-corrected chi connectivity index (χ4v) is 1.52. The van der Waals surface area contributed by atoms with E-state index in [-0.39, 0.29) is 12.1 Å². The van der Waals surface area contributed by atoms with Gasteiger partial charge in [-0.15, -0.1) is 0 Å². The second-order valence-electron chi connectivity index (χ2n) is 3.49. The summed E-state index contributed by atoms with van der Waals surface area (Å²) in [5.41, 5.74) is 0.474. The average Bonchev–Trinajstić information content (AvgIpc) is 2.47. The van der Waals surface area contributed by atoms with E-state index < -0.39 is 0 Å². The first kappa shape index (κ1) is 11.0. The molecule has 1 aromatic rings. The maximum Gasteiger partial charge on any atom is 0.342 e. The highest BCUT2D eigenvalue weighted by atomic mass is 16.6. The maximum atomic E-state index is 11.7. The highest BCUT2D eigenvalue weighted by Crippen LogP contribution is 2.22. The van der Waals surface area contributed by atoms with Gasteiger partial charge in [0.1, 0.15) is 17.9 Å². The largest absolute Gasteiger partial charge is 0.489 e. The van der Waals surface area contributed by atoms with Gasteiger partial charge < -0.3 is 14.2 Å². The summed E-state index contributed by atoms with van der Waals surface area (Å²) in [4.78, 5) is 11.7. The standard InChI is InChI=1S/C12H14O4/c1-2-14-7-9-8-15-11-6-4-3-5-10(11)12(13)16-9/h3-6,9H,2,7-8H2,1H3. The van der Waals surface area contributed by atoms with Crippen LogP contribution in [0.3, 0.4) is 0 Å². The van der Waals surface area contributed by atoms with Gasteiger partial charge in [-0.3, -0.25) is 0 Å². The molecule has 0 amide bonds. The molecule has 4 nitrogen and oxygen atoms in total. The van der Waals surface area contributed by atoms with Gasteiger partial charge in [-0.2, -0.15) is 0 Å². The van der Waals surface area contributed by atoms with Crippen LogP contribution in [0.25, 0.3) is 0 Å². The van der Waals surface area contributed by atoms with E-state index in [4.69, 9.17) is 14.2 Å². The topological polar surface area (TPSA) is 44.8 Å². The normalized spacial score (nSPS) is 19.3. The van der Waals surface area contributed by atoms with Crippen molar-refractivity contribution in [3.05, 3.63) is 29.8 Å². The molecule has 4 heteroatoms. The molecular formula is C12H14O4. The molecule has 0 aliphatic carbocycles. The van der Waals surface area contributed by atoms with Gasteiger partial charge in [-0.1, -0.05) is 12.1 Å². The Morgan fingerprint density at radius 2 is 2.25 bits per heavy atom. The zero-order chi connectivity index (χ0) is 11.4. The second-order valence-corrected chi connectivity index (χ2v) is 3.49.